The van der Waals surface area contributed by atoms with Crippen molar-refractivity contribution < 1.29 is 32.3 Å². The Morgan fingerprint density at radius 1 is 1.30 bits per heavy atom. The maximum Gasteiger partial charge on any atom is 0.406 e. The normalized spacial score (nSPS) is 18.3. The van der Waals surface area contributed by atoms with E-state index in [9.17, 15) is 27.6 Å². The summed E-state index contributed by atoms with van der Waals surface area (Å²) in [6.07, 6.45) is -4.66. The molecule has 2 amide bonds. The lowest BCUT2D eigenvalue weighted by Gasteiger charge is -2.20. The standard InChI is InChI=1S/C18H21F3N2O4/c1-2-27-17(26)14(8-12-6-4-3-5-7-12)22-16(25)13-9-15(24)23(10-13)11-18(19,20)21/h3-7,13-14H,2,8-11H2,1H3,(H,22,25). The summed E-state index contributed by atoms with van der Waals surface area (Å²) in [5.74, 6) is -2.94. The largest absolute Gasteiger partial charge is 0.464 e. The molecular formula is C18H21F3N2O4. The van der Waals surface area contributed by atoms with Gasteiger partial charge in [0, 0.05) is 19.4 Å². The number of nitrogens with zero attached hydrogens (tertiary/aromatic N) is 1. The van der Waals surface area contributed by atoms with E-state index in [-0.39, 0.29) is 26.0 Å². The van der Waals surface area contributed by atoms with E-state index in [1.54, 1.807) is 37.3 Å². The Bertz CT molecular complexity index is 679. The molecule has 1 heterocycles. The molecular weight excluding hydrogens is 365 g/mol. The zero-order chi connectivity index (χ0) is 20.0. The van der Waals surface area contributed by atoms with Gasteiger partial charge in [-0.05, 0) is 12.5 Å². The lowest BCUT2D eigenvalue weighted by atomic mass is 10.0. The second-order valence-corrected chi connectivity index (χ2v) is 6.29. The minimum Gasteiger partial charge on any atom is -0.464 e. The number of nitrogens with one attached hydrogen (secondary N) is 1. The Labute approximate surface area is 154 Å². The third-order valence-electron chi connectivity index (χ3n) is 4.13. The summed E-state index contributed by atoms with van der Waals surface area (Å²) in [4.78, 5) is 36.9. The van der Waals surface area contributed by atoms with Crippen LogP contribution in [-0.2, 0) is 25.5 Å². The Hall–Kier alpha value is -2.58. The molecule has 0 aromatic heterocycles. The second kappa shape index (κ2) is 8.88. The third-order valence-corrected chi connectivity index (χ3v) is 4.13. The minimum atomic E-state index is -4.53. The number of esters is 1. The molecule has 1 aliphatic heterocycles. The molecule has 1 saturated heterocycles. The van der Waals surface area contributed by atoms with E-state index < -0.39 is 42.5 Å². The van der Waals surface area contributed by atoms with Crippen LogP contribution < -0.4 is 5.32 Å². The number of benzene rings is 1. The van der Waals surface area contributed by atoms with Crippen molar-refractivity contribution in [1.29, 1.82) is 0 Å². The molecule has 0 aliphatic carbocycles. The number of ether oxygens (including phenoxy) is 1. The van der Waals surface area contributed by atoms with Crippen molar-refractivity contribution in [2.45, 2.75) is 32.0 Å². The van der Waals surface area contributed by atoms with E-state index in [1.807, 2.05) is 0 Å². The van der Waals surface area contributed by atoms with E-state index >= 15 is 0 Å². The molecule has 2 rings (SSSR count). The molecule has 1 fully saturated rings. The Kier molecular flexibility index (Phi) is 6.81. The summed E-state index contributed by atoms with van der Waals surface area (Å²) in [7, 11) is 0. The second-order valence-electron chi connectivity index (χ2n) is 6.29. The van der Waals surface area contributed by atoms with Gasteiger partial charge in [-0.25, -0.2) is 4.79 Å². The fraction of sp³-hybridized carbons (Fsp3) is 0.500. The van der Waals surface area contributed by atoms with E-state index in [4.69, 9.17) is 4.74 Å². The smallest absolute Gasteiger partial charge is 0.406 e. The van der Waals surface area contributed by atoms with Crippen molar-refractivity contribution >= 4 is 17.8 Å². The van der Waals surface area contributed by atoms with Crippen molar-refractivity contribution in [3.8, 4) is 0 Å². The number of carbonyl (C=O) groups excluding carboxylic acids is 3. The number of amides is 2. The number of halogens is 3. The molecule has 0 spiro atoms. The number of carbonyl (C=O) groups is 3. The summed E-state index contributed by atoms with van der Waals surface area (Å²) < 4.78 is 42.5. The van der Waals surface area contributed by atoms with Crippen LogP contribution in [0.3, 0.4) is 0 Å². The fourth-order valence-electron chi connectivity index (χ4n) is 2.89. The van der Waals surface area contributed by atoms with Crippen molar-refractivity contribution in [2.75, 3.05) is 19.7 Å². The van der Waals surface area contributed by atoms with Crippen molar-refractivity contribution in [2.24, 2.45) is 5.92 Å². The van der Waals surface area contributed by atoms with E-state index in [2.05, 4.69) is 5.32 Å². The zero-order valence-electron chi connectivity index (χ0n) is 14.8. The van der Waals surface area contributed by atoms with Gasteiger partial charge in [0.15, 0.2) is 0 Å². The Morgan fingerprint density at radius 3 is 2.56 bits per heavy atom. The molecule has 27 heavy (non-hydrogen) atoms. The van der Waals surface area contributed by atoms with E-state index in [0.29, 0.717) is 4.90 Å². The van der Waals surface area contributed by atoms with Gasteiger partial charge in [0.2, 0.25) is 11.8 Å². The molecule has 0 saturated carbocycles. The molecule has 9 heteroatoms. The first kappa shape index (κ1) is 20.7. The van der Waals surface area contributed by atoms with Gasteiger partial charge in [0.25, 0.3) is 0 Å². The summed E-state index contributed by atoms with van der Waals surface area (Å²) in [6.45, 7) is 0.0389. The number of hydrogen-bond acceptors (Lipinski definition) is 4. The molecule has 1 N–H and O–H groups in total. The molecule has 1 aliphatic rings. The topological polar surface area (TPSA) is 75.7 Å². The van der Waals surface area contributed by atoms with Crippen LogP contribution in [0, 0.1) is 5.92 Å². The number of alkyl halides is 3. The molecule has 0 radical (unpaired) electrons. The minimum absolute atomic E-state index is 0.126. The maximum absolute atomic E-state index is 12.5. The zero-order valence-corrected chi connectivity index (χ0v) is 14.8. The van der Waals surface area contributed by atoms with Crippen LogP contribution >= 0.6 is 0 Å². The summed E-state index contributed by atoms with van der Waals surface area (Å²) in [5, 5.41) is 2.52. The maximum atomic E-state index is 12.5. The van der Waals surface area contributed by atoms with Crippen LogP contribution in [0.25, 0.3) is 0 Å². The van der Waals surface area contributed by atoms with Crippen LogP contribution in [-0.4, -0.2) is 54.6 Å². The monoisotopic (exact) mass is 386 g/mol. The number of hydrogen-bond donors (Lipinski definition) is 1. The molecule has 148 valence electrons. The van der Waals surface area contributed by atoms with Crippen LogP contribution in [0.1, 0.15) is 18.9 Å². The highest BCUT2D eigenvalue weighted by Crippen LogP contribution is 2.24. The van der Waals surface area contributed by atoms with Crippen LogP contribution in [0.15, 0.2) is 30.3 Å². The molecule has 1 aromatic rings. The lowest BCUT2D eigenvalue weighted by molar-refractivity contribution is -0.157. The van der Waals surface area contributed by atoms with Crippen molar-refractivity contribution in [3.05, 3.63) is 35.9 Å². The van der Waals surface area contributed by atoms with Gasteiger partial charge >= 0.3 is 12.1 Å². The van der Waals surface area contributed by atoms with E-state index in [0.717, 1.165) is 5.56 Å². The molecule has 0 bridgehead atoms. The first-order valence-corrected chi connectivity index (χ1v) is 8.55. The highest BCUT2D eigenvalue weighted by atomic mass is 19.4. The SMILES string of the molecule is CCOC(=O)C(Cc1ccccc1)NC(=O)C1CC(=O)N(CC(F)(F)F)C1. The van der Waals surface area contributed by atoms with Crippen LogP contribution in [0.4, 0.5) is 13.2 Å². The van der Waals surface area contributed by atoms with Gasteiger partial charge < -0.3 is 15.0 Å². The van der Waals surface area contributed by atoms with Gasteiger partial charge in [0.1, 0.15) is 12.6 Å². The van der Waals surface area contributed by atoms with Gasteiger partial charge in [0.05, 0.1) is 12.5 Å². The quantitative estimate of drug-likeness (QED) is 0.724. The number of rotatable bonds is 7. The third kappa shape index (κ3) is 6.26. The highest BCUT2D eigenvalue weighted by molar-refractivity contribution is 5.91. The van der Waals surface area contributed by atoms with Crippen molar-refractivity contribution in [3.63, 3.8) is 0 Å². The highest BCUT2D eigenvalue weighted by Gasteiger charge is 2.41. The Morgan fingerprint density at radius 2 is 1.96 bits per heavy atom. The predicted octanol–water partition coefficient (Wildman–Crippen LogP) is 1.69. The van der Waals surface area contributed by atoms with Crippen LogP contribution in [0.5, 0.6) is 0 Å². The summed E-state index contributed by atoms with van der Waals surface area (Å²) in [5.41, 5.74) is 0.789. The first-order chi connectivity index (χ1) is 12.7. The molecule has 1 aromatic carbocycles. The average molecular weight is 386 g/mol. The fourth-order valence-corrected chi connectivity index (χ4v) is 2.89. The van der Waals surface area contributed by atoms with Gasteiger partial charge in [-0.1, -0.05) is 30.3 Å². The van der Waals surface area contributed by atoms with Crippen LogP contribution in [0.2, 0.25) is 0 Å². The molecule has 6 nitrogen and oxygen atoms in total. The summed E-state index contributed by atoms with van der Waals surface area (Å²) >= 11 is 0. The van der Waals surface area contributed by atoms with Crippen molar-refractivity contribution in [1.82, 2.24) is 10.2 Å². The molecule has 2 atom stereocenters. The van der Waals surface area contributed by atoms with Gasteiger partial charge in [-0.15, -0.1) is 0 Å². The molecule has 2 unspecified atom stereocenters. The number of likely N-dealkylation sites (tertiary alicyclic amines) is 1. The predicted molar refractivity (Wildman–Crippen MR) is 89.5 cm³/mol. The van der Waals surface area contributed by atoms with E-state index in [1.165, 1.54) is 0 Å². The van der Waals surface area contributed by atoms with Gasteiger partial charge in [-0.2, -0.15) is 13.2 Å². The Balaban J connectivity index is 2.02. The first-order valence-electron chi connectivity index (χ1n) is 8.55. The lowest BCUT2D eigenvalue weighted by Crippen LogP contribution is -2.46. The average Bonchev–Trinajstić information content (AvgIpc) is 2.94. The van der Waals surface area contributed by atoms with Gasteiger partial charge in [-0.3, -0.25) is 9.59 Å². The summed E-state index contributed by atoms with van der Waals surface area (Å²) in [6, 6.07) is 7.95.